The average Bonchev–Trinajstić information content (AvgIpc) is 2.90. The highest BCUT2D eigenvalue weighted by Crippen LogP contribution is 2.34. The molecular weight excluding hydrogens is 212 g/mol. The lowest BCUT2D eigenvalue weighted by Gasteiger charge is -2.23. The second-order valence-corrected chi connectivity index (χ2v) is 4.22. The smallest absolute Gasteiger partial charge is 0.142 e. The molecule has 1 aromatic rings. The molecule has 0 amide bonds. The number of ether oxygens (including phenoxy) is 1. The van der Waals surface area contributed by atoms with E-state index in [2.05, 4.69) is 12.1 Å². The van der Waals surface area contributed by atoms with E-state index in [0.29, 0.717) is 0 Å². The molecule has 1 aliphatic heterocycles. The molecule has 0 radical (unpaired) electrons. The molecule has 0 spiro atoms. The lowest BCUT2D eigenvalue weighted by molar-refractivity contribution is 0.0828. The number of benzene rings is 1. The fourth-order valence-corrected chi connectivity index (χ4v) is 2.37. The zero-order chi connectivity index (χ0) is 12.1. The number of hydrogen-bond acceptors (Lipinski definition) is 3. The van der Waals surface area contributed by atoms with Crippen LogP contribution < -0.4 is 0 Å². The van der Waals surface area contributed by atoms with Gasteiger partial charge < -0.3 is 4.74 Å². The maximum absolute atomic E-state index is 9.09. The second kappa shape index (κ2) is 5.48. The highest BCUT2D eigenvalue weighted by molar-refractivity contribution is 5.26. The van der Waals surface area contributed by atoms with Crippen molar-refractivity contribution in [2.45, 2.75) is 24.9 Å². The van der Waals surface area contributed by atoms with Gasteiger partial charge in [0.15, 0.2) is 0 Å². The van der Waals surface area contributed by atoms with E-state index in [1.165, 1.54) is 0 Å². The van der Waals surface area contributed by atoms with Crippen molar-refractivity contribution in [3.8, 4) is 12.1 Å². The molecule has 3 heteroatoms. The maximum Gasteiger partial charge on any atom is 0.142 e. The molecule has 1 heterocycles. The number of nitriles is 2. The Balaban J connectivity index is 2.31. The quantitative estimate of drug-likeness (QED) is 0.796. The number of nitrogens with zero attached hydrogens (tertiary/aromatic N) is 2. The lowest BCUT2D eigenvalue weighted by atomic mass is 9.82. The highest BCUT2D eigenvalue weighted by atomic mass is 16.5. The lowest BCUT2D eigenvalue weighted by Crippen LogP contribution is -2.24. The normalized spacial score (nSPS) is 20.8. The Morgan fingerprint density at radius 3 is 2.41 bits per heavy atom. The summed E-state index contributed by atoms with van der Waals surface area (Å²) in [6, 6.07) is 13.9. The standard InChI is InChI=1S/C14H14N2O/c15-9-12(10-16)14(13-7-4-8-17-13)11-5-2-1-3-6-11/h1-3,5-6,12-14H,4,7-8H2/t13-,14-/m1/s1. The maximum atomic E-state index is 9.09. The molecule has 2 atom stereocenters. The van der Waals surface area contributed by atoms with E-state index in [4.69, 9.17) is 15.3 Å². The molecule has 1 aliphatic rings. The van der Waals surface area contributed by atoms with Crippen LogP contribution in [0.2, 0.25) is 0 Å². The zero-order valence-electron chi connectivity index (χ0n) is 9.54. The van der Waals surface area contributed by atoms with Crippen LogP contribution in [0.15, 0.2) is 30.3 Å². The minimum atomic E-state index is -0.638. The molecule has 17 heavy (non-hydrogen) atoms. The van der Waals surface area contributed by atoms with Crippen LogP contribution in [0.3, 0.4) is 0 Å². The molecule has 0 N–H and O–H groups in total. The van der Waals surface area contributed by atoms with Crippen molar-refractivity contribution in [1.82, 2.24) is 0 Å². The van der Waals surface area contributed by atoms with Gasteiger partial charge >= 0.3 is 0 Å². The van der Waals surface area contributed by atoms with Crippen molar-refractivity contribution in [3.05, 3.63) is 35.9 Å². The predicted molar refractivity (Wildman–Crippen MR) is 62.9 cm³/mol. The summed E-state index contributed by atoms with van der Waals surface area (Å²) in [5.74, 6) is -0.769. The van der Waals surface area contributed by atoms with Crippen molar-refractivity contribution in [2.24, 2.45) is 5.92 Å². The summed E-state index contributed by atoms with van der Waals surface area (Å²) in [6.45, 7) is 0.734. The summed E-state index contributed by atoms with van der Waals surface area (Å²) < 4.78 is 5.65. The van der Waals surface area contributed by atoms with E-state index in [0.717, 1.165) is 25.0 Å². The van der Waals surface area contributed by atoms with Crippen LogP contribution in [0.5, 0.6) is 0 Å². The third-order valence-corrected chi connectivity index (χ3v) is 3.19. The van der Waals surface area contributed by atoms with Gasteiger partial charge in [-0.1, -0.05) is 30.3 Å². The highest BCUT2D eigenvalue weighted by Gasteiger charge is 2.33. The summed E-state index contributed by atoms with van der Waals surface area (Å²) in [5, 5.41) is 18.2. The number of rotatable bonds is 3. The van der Waals surface area contributed by atoms with Crippen LogP contribution >= 0.6 is 0 Å². The van der Waals surface area contributed by atoms with Crippen LogP contribution in [0.4, 0.5) is 0 Å². The summed E-state index contributed by atoms with van der Waals surface area (Å²) in [5.41, 5.74) is 1.02. The minimum Gasteiger partial charge on any atom is -0.377 e. The van der Waals surface area contributed by atoms with Crippen LogP contribution in [0, 0.1) is 28.6 Å². The molecule has 1 saturated heterocycles. The molecule has 3 nitrogen and oxygen atoms in total. The van der Waals surface area contributed by atoms with Crippen molar-refractivity contribution in [3.63, 3.8) is 0 Å². The number of hydrogen-bond donors (Lipinski definition) is 0. The van der Waals surface area contributed by atoms with Gasteiger partial charge in [0.1, 0.15) is 5.92 Å². The molecule has 1 fully saturated rings. The molecule has 1 aromatic carbocycles. The Bertz CT molecular complexity index is 424. The summed E-state index contributed by atoms with van der Waals surface area (Å²) in [7, 11) is 0. The van der Waals surface area contributed by atoms with Gasteiger partial charge in [0, 0.05) is 12.5 Å². The van der Waals surface area contributed by atoms with Crippen molar-refractivity contribution in [2.75, 3.05) is 6.61 Å². The molecule has 0 aromatic heterocycles. The van der Waals surface area contributed by atoms with Gasteiger partial charge in [-0.15, -0.1) is 0 Å². The Kier molecular flexibility index (Phi) is 3.75. The molecule has 86 valence electrons. The average molecular weight is 226 g/mol. The fraction of sp³-hybridized carbons (Fsp3) is 0.429. The van der Waals surface area contributed by atoms with Gasteiger partial charge in [-0.05, 0) is 18.4 Å². The van der Waals surface area contributed by atoms with Gasteiger partial charge in [0.25, 0.3) is 0 Å². The van der Waals surface area contributed by atoms with Gasteiger partial charge in [-0.25, -0.2) is 0 Å². The van der Waals surface area contributed by atoms with Crippen molar-refractivity contribution < 1.29 is 4.74 Å². The summed E-state index contributed by atoms with van der Waals surface area (Å²) in [6.07, 6.45) is 1.94. The zero-order valence-corrected chi connectivity index (χ0v) is 9.54. The largest absolute Gasteiger partial charge is 0.377 e. The third kappa shape index (κ3) is 2.46. The Labute approximate surface area is 101 Å². The second-order valence-electron chi connectivity index (χ2n) is 4.22. The van der Waals surface area contributed by atoms with Crippen LogP contribution in [-0.2, 0) is 4.74 Å². The van der Waals surface area contributed by atoms with Crippen LogP contribution in [0.1, 0.15) is 24.3 Å². The molecule has 0 saturated carbocycles. The van der Waals surface area contributed by atoms with E-state index in [-0.39, 0.29) is 12.0 Å². The Morgan fingerprint density at radius 1 is 1.18 bits per heavy atom. The first-order valence-electron chi connectivity index (χ1n) is 5.82. The van der Waals surface area contributed by atoms with E-state index >= 15 is 0 Å². The summed E-state index contributed by atoms with van der Waals surface area (Å²) >= 11 is 0. The van der Waals surface area contributed by atoms with Gasteiger partial charge in [0.2, 0.25) is 0 Å². The predicted octanol–water partition coefficient (Wildman–Crippen LogP) is 2.61. The first-order chi connectivity index (χ1) is 8.36. The SMILES string of the molecule is N#CC(C#N)[C@@H](c1ccccc1)[C@H]1CCCO1. The minimum absolute atomic E-state index is 0.00157. The molecule has 0 unspecified atom stereocenters. The van der Waals surface area contributed by atoms with Crippen LogP contribution in [0.25, 0.3) is 0 Å². The molecular formula is C14H14N2O. The van der Waals surface area contributed by atoms with Gasteiger partial charge in [-0.3, -0.25) is 0 Å². The van der Waals surface area contributed by atoms with E-state index in [1.807, 2.05) is 30.3 Å². The summed E-state index contributed by atoms with van der Waals surface area (Å²) in [4.78, 5) is 0. The van der Waals surface area contributed by atoms with E-state index in [1.54, 1.807) is 0 Å². The van der Waals surface area contributed by atoms with Crippen molar-refractivity contribution >= 4 is 0 Å². The van der Waals surface area contributed by atoms with E-state index < -0.39 is 5.92 Å². The Hall–Kier alpha value is -1.84. The van der Waals surface area contributed by atoms with Crippen molar-refractivity contribution in [1.29, 1.82) is 10.5 Å². The van der Waals surface area contributed by atoms with Crippen LogP contribution in [-0.4, -0.2) is 12.7 Å². The van der Waals surface area contributed by atoms with E-state index in [9.17, 15) is 0 Å². The first kappa shape index (κ1) is 11.6. The molecule has 0 bridgehead atoms. The fourth-order valence-electron chi connectivity index (χ4n) is 2.37. The topological polar surface area (TPSA) is 56.8 Å². The molecule has 2 rings (SSSR count). The van der Waals surface area contributed by atoms with Gasteiger partial charge in [0.05, 0.1) is 18.2 Å². The monoisotopic (exact) mass is 226 g/mol. The van der Waals surface area contributed by atoms with Gasteiger partial charge in [-0.2, -0.15) is 10.5 Å². The third-order valence-electron chi connectivity index (χ3n) is 3.19. The Morgan fingerprint density at radius 2 is 1.88 bits per heavy atom. The first-order valence-corrected chi connectivity index (χ1v) is 5.82. The molecule has 0 aliphatic carbocycles.